The van der Waals surface area contributed by atoms with Crippen LogP contribution in [0.15, 0.2) is 54.6 Å². The maximum atomic E-state index is 12.4. The molecule has 0 bridgehead atoms. The molecule has 5 nitrogen and oxygen atoms in total. The van der Waals surface area contributed by atoms with Gasteiger partial charge >= 0.3 is 0 Å². The Morgan fingerprint density at radius 3 is 2.42 bits per heavy atom. The average Bonchev–Trinajstić information content (AvgIpc) is 3.41. The van der Waals surface area contributed by atoms with E-state index in [4.69, 9.17) is 14.5 Å². The summed E-state index contributed by atoms with van der Waals surface area (Å²) in [7, 11) is 0. The summed E-state index contributed by atoms with van der Waals surface area (Å²) < 4.78 is 12.7. The molecular formula is C31H38N2O3. The van der Waals surface area contributed by atoms with Crippen LogP contribution in [0.4, 0.5) is 0 Å². The number of fused-ring (bicyclic) bond motifs is 1. The number of amides is 1. The van der Waals surface area contributed by atoms with Crippen LogP contribution in [0.25, 0.3) is 10.9 Å². The zero-order valence-electron chi connectivity index (χ0n) is 21.4. The summed E-state index contributed by atoms with van der Waals surface area (Å²) in [5.41, 5.74) is 4.04. The van der Waals surface area contributed by atoms with Gasteiger partial charge in [-0.15, -0.1) is 0 Å². The fraction of sp³-hybridized carbons (Fsp3) is 0.484. The topological polar surface area (TPSA) is 60.5 Å². The third-order valence-electron chi connectivity index (χ3n) is 7.85. The minimum Gasteiger partial charge on any atom is -0.488 e. The van der Waals surface area contributed by atoms with Crippen molar-refractivity contribution >= 4 is 16.8 Å². The predicted octanol–water partition coefficient (Wildman–Crippen LogP) is 6.65. The van der Waals surface area contributed by atoms with Crippen LogP contribution < -0.4 is 10.1 Å². The van der Waals surface area contributed by atoms with Crippen LogP contribution in [0.1, 0.15) is 74.6 Å². The van der Waals surface area contributed by atoms with Crippen molar-refractivity contribution in [3.63, 3.8) is 0 Å². The van der Waals surface area contributed by atoms with Gasteiger partial charge in [0.05, 0.1) is 23.9 Å². The van der Waals surface area contributed by atoms with E-state index >= 15 is 0 Å². The van der Waals surface area contributed by atoms with Crippen LogP contribution in [-0.2, 0) is 22.7 Å². The Morgan fingerprint density at radius 2 is 1.64 bits per heavy atom. The molecule has 5 rings (SSSR count). The van der Waals surface area contributed by atoms with E-state index in [1.807, 2.05) is 36.4 Å². The molecule has 1 N–H and O–H groups in total. The van der Waals surface area contributed by atoms with E-state index in [-0.39, 0.29) is 18.1 Å². The highest BCUT2D eigenvalue weighted by Crippen LogP contribution is 2.32. The normalized spacial score (nSPS) is 20.5. The third kappa shape index (κ3) is 6.25. The number of pyridine rings is 1. The second-order valence-electron chi connectivity index (χ2n) is 10.5. The van der Waals surface area contributed by atoms with Gasteiger partial charge in [0.15, 0.2) is 0 Å². The van der Waals surface area contributed by atoms with Gasteiger partial charge in [-0.1, -0.05) is 55.3 Å². The van der Waals surface area contributed by atoms with E-state index in [1.54, 1.807) is 0 Å². The zero-order chi connectivity index (χ0) is 24.7. The van der Waals surface area contributed by atoms with E-state index in [0.29, 0.717) is 25.6 Å². The quantitative estimate of drug-likeness (QED) is 0.368. The highest BCUT2D eigenvalue weighted by atomic mass is 16.5. The number of benzene rings is 2. The molecule has 5 heteroatoms. The first-order valence-corrected chi connectivity index (χ1v) is 13.6. The average molecular weight is 487 g/mol. The molecule has 1 aromatic heterocycles. The molecule has 0 atom stereocenters. The molecule has 0 radical (unpaired) electrons. The van der Waals surface area contributed by atoms with Gasteiger partial charge < -0.3 is 14.8 Å². The molecule has 2 aliphatic rings. The molecule has 1 heterocycles. The minimum atomic E-state index is 0.203. The number of hydrogen-bond acceptors (Lipinski definition) is 4. The summed E-state index contributed by atoms with van der Waals surface area (Å²) in [6.45, 7) is 3.07. The Hall–Kier alpha value is -2.92. The minimum absolute atomic E-state index is 0.203. The molecule has 2 aromatic carbocycles. The van der Waals surface area contributed by atoms with Crippen molar-refractivity contribution in [2.75, 3.05) is 0 Å². The Bertz CT molecular complexity index is 1150. The fourth-order valence-electron chi connectivity index (χ4n) is 5.72. The number of nitrogens with zero attached hydrogens (tertiary/aromatic N) is 1. The Labute approximate surface area is 214 Å². The number of rotatable bonds is 9. The zero-order valence-corrected chi connectivity index (χ0v) is 21.4. The van der Waals surface area contributed by atoms with Crippen molar-refractivity contribution in [1.82, 2.24) is 10.3 Å². The molecule has 1 amide bonds. The van der Waals surface area contributed by atoms with Crippen LogP contribution in [0, 0.1) is 12.8 Å². The van der Waals surface area contributed by atoms with Gasteiger partial charge in [-0.2, -0.15) is 0 Å². The van der Waals surface area contributed by atoms with E-state index in [1.165, 1.54) is 25.7 Å². The summed E-state index contributed by atoms with van der Waals surface area (Å²) in [5, 5.41) is 4.31. The summed E-state index contributed by atoms with van der Waals surface area (Å²) in [4.78, 5) is 17.3. The summed E-state index contributed by atoms with van der Waals surface area (Å²) in [5.74, 6) is 1.73. The third-order valence-corrected chi connectivity index (χ3v) is 7.85. The number of nitrogens with one attached hydrogen (secondary N) is 1. The van der Waals surface area contributed by atoms with Gasteiger partial charge in [-0.25, -0.2) is 4.98 Å². The van der Waals surface area contributed by atoms with Crippen molar-refractivity contribution in [2.45, 2.75) is 90.1 Å². The van der Waals surface area contributed by atoms with E-state index < -0.39 is 0 Å². The molecule has 2 aliphatic carbocycles. The number of carbonyl (C=O) groups excluding carboxylic acids is 1. The van der Waals surface area contributed by atoms with E-state index in [2.05, 4.69) is 30.4 Å². The maximum Gasteiger partial charge on any atom is 0.220 e. The molecule has 3 aromatic rings. The number of ether oxygens (including phenoxy) is 2. The second-order valence-corrected chi connectivity index (χ2v) is 10.5. The molecule has 190 valence electrons. The number of carbonyl (C=O) groups is 1. The van der Waals surface area contributed by atoms with Crippen LogP contribution in [0.2, 0.25) is 0 Å². The van der Waals surface area contributed by atoms with Crippen LogP contribution >= 0.6 is 0 Å². The molecule has 0 unspecified atom stereocenters. The van der Waals surface area contributed by atoms with Gasteiger partial charge in [0.1, 0.15) is 12.4 Å². The summed E-state index contributed by atoms with van der Waals surface area (Å²) in [6, 6.07) is 18.7. The largest absolute Gasteiger partial charge is 0.488 e. The Kier molecular flexibility index (Phi) is 8.17. The molecule has 0 aliphatic heterocycles. The number of hydrogen-bond donors (Lipinski definition) is 1. The molecule has 0 spiro atoms. The standard InChI is InChI=1S/C31H38N2O3/c1-22-29(21-35-26-17-15-25(16-18-26)32-30(34)19-23-9-5-6-10-23)33-28-14-8-7-13-27(28)31(22)36-20-24-11-3-2-4-12-24/h2-4,7-8,11-14,23,25-26H,5-6,9-10,15-21H2,1H3,(H,32,34). The van der Waals surface area contributed by atoms with Gasteiger partial charge in [-0.3, -0.25) is 4.79 Å². The lowest BCUT2D eigenvalue weighted by Gasteiger charge is -2.29. The lowest BCUT2D eigenvalue weighted by atomic mass is 9.92. The van der Waals surface area contributed by atoms with Crippen LogP contribution in [0.3, 0.4) is 0 Å². The van der Waals surface area contributed by atoms with E-state index in [0.717, 1.165) is 59.2 Å². The predicted molar refractivity (Wildman–Crippen MR) is 143 cm³/mol. The fourth-order valence-corrected chi connectivity index (χ4v) is 5.72. The van der Waals surface area contributed by atoms with Crippen molar-refractivity contribution in [3.8, 4) is 5.75 Å². The monoisotopic (exact) mass is 486 g/mol. The highest BCUT2D eigenvalue weighted by molar-refractivity contribution is 5.86. The summed E-state index contributed by atoms with van der Waals surface area (Å²) >= 11 is 0. The van der Waals surface area contributed by atoms with Gasteiger partial charge in [0.2, 0.25) is 5.91 Å². The van der Waals surface area contributed by atoms with Gasteiger partial charge in [-0.05, 0) is 69.1 Å². The molecule has 2 fully saturated rings. The van der Waals surface area contributed by atoms with Crippen molar-refractivity contribution in [2.24, 2.45) is 5.92 Å². The van der Waals surface area contributed by atoms with Crippen LogP contribution in [-0.4, -0.2) is 23.0 Å². The Morgan fingerprint density at radius 1 is 0.917 bits per heavy atom. The first-order valence-electron chi connectivity index (χ1n) is 13.6. The van der Waals surface area contributed by atoms with Crippen molar-refractivity contribution in [3.05, 3.63) is 71.4 Å². The lowest BCUT2D eigenvalue weighted by Crippen LogP contribution is -2.39. The first-order chi connectivity index (χ1) is 17.7. The first kappa shape index (κ1) is 24.8. The lowest BCUT2D eigenvalue weighted by molar-refractivity contribution is -0.123. The smallest absolute Gasteiger partial charge is 0.220 e. The molecule has 36 heavy (non-hydrogen) atoms. The maximum absolute atomic E-state index is 12.4. The van der Waals surface area contributed by atoms with Crippen LogP contribution in [0.5, 0.6) is 5.75 Å². The van der Waals surface area contributed by atoms with Gasteiger partial charge in [0.25, 0.3) is 0 Å². The summed E-state index contributed by atoms with van der Waals surface area (Å²) in [6.07, 6.45) is 9.82. The van der Waals surface area contributed by atoms with Crippen molar-refractivity contribution < 1.29 is 14.3 Å². The second kappa shape index (κ2) is 11.9. The SMILES string of the molecule is Cc1c(COC2CCC(NC(=O)CC3CCCC3)CC2)nc2ccccc2c1OCc1ccccc1. The van der Waals surface area contributed by atoms with Gasteiger partial charge in [0, 0.05) is 23.4 Å². The molecule has 2 saturated carbocycles. The molecule has 0 saturated heterocycles. The molecular weight excluding hydrogens is 448 g/mol. The van der Waals surface area contributed by atoms with Crippen molar-refractivity contribution in [1.29, 1.82) is 0 Å². The van der Waals surface area contributed by atoms with E-state index in [9.17, 15) is 4.79 Å². The Balaban J connectivity index is 1.17. The number of aromatic nitrogens is 1. The highest BCUT2D eigenvalue weighted by Gasteiger charge is 2.25. The number of para-hydroxylation sites is 1.